The van der Waals surface area contributed by atoms with Crippen LogP contribution < -0.4 is 0 Å². The van der Waals surface area contributed by atoms with Crippen LogP contribution in [0.5, 0.6) is 0 Å². The molecule has 0 aliphatic heterocycles. The Morgan fingerprint density at radius 2 is 1.24 bits per heavy atom. The van der Waals surface area contributed by atoms with Crippen molar-refractivity contribution in [1.82, 2.24) is 0 Å². The fourth-order valence-electron chi connectivity index (χ4n) is 1.82. The Morgan fingerprint density at radius 3 is 1.47 bits per heavy atom. The summed E-state index contributed by atoms with van der Waals surface area (Å²) in [7, 11) is 5.42. The second kappa shape index (κ2) is 5.29. The number of methoxy groups -OCH3 is 4. The first kappa shape index (κ1) is 13.7. The zero-order valence-electron chi connectivity index (χ0n) is 10.4. The number of esters is 2. The quantitative estimate of drug-likeness (QED) is 0.527. The Hall–Kier alpha value is -1.40. The van der Waals surface area contributed by atoms with Gasteiger partial charge in [-0.05, 0) is 0 Å². The maximum atomic E-state index is 11.6. The molecule has 1 rings (SSSR count). The van der Waals surface area contributed by atoms with Gasteiger partial charge in [-0.15, -0.1) is 0 Å². The van der Waals surface area contributed by atoms with E-state index in [0.29, 0.717) is 0 Å². The Morgan fingerprint density at radius 1 is 0.882 bits per heavy atom. The van der Waals surface area contributed by atoms with Crippen molar-refractivity contribution in [2.75, 3.05) is 28.4 Å². The average molecular weight is 244 g/mol. The smallest absolute Gasteiger partial charge is 0.334 e. The van der Waals surface area contributed by atoms with Gasteiger partial charge in [-0.1, -0.05) is 0 Å². The number of ether oxygens (including phenoxy) is 4. The third-order valence-corrected chi connectivity index (χ3v) is 2.86. The summed E-state index contributed by atoms with van der Waals surface area (Å²) < 4.78 is 19.7. The van der Waals surface area contributed by atoms with Crippen LogP contribution in [-0.4, -0.2) is 46.2 Å². The van der Waals surface area contributed by atoms with Gasteiger partial charge in [-0.3, -0.25) is 0 Å². The molecule has 0 aromatic heterocycles. The number of carbonyl (C=O) groups is 2. The van der Waals surface area contributed by atoms with Crippen molar-refractivity contribution < 1.29 is 28.5 Å². The highest BCUT2D eigenvalue weighted by Gasteiger charge is 2.44. The van der Waals surface area contributed by atoms with Gasteiger partial charge >= 0.3 is 11.9 Å². The van der Waals surface area contributed by atoms with Gasteiger partial charge < -0.3 is 18.9 Å². The second-order valence-electron chi connectivity index (χ2n) is 3.61. The van der Waals surface area contributed by atoms with E-state index in [1.807, 2.05) is 0 Å². The van der Waals surface area contributed by atoms with E-state index in [0.717, 1.165) is 0 Å². The molecule has 0 atom stereocenters. The third kappa shape index (κ3) is 2.48. The Kier molecular flexibility index (Phi) is 4.25. The monoisotopic (exact) mass is 244 g/mol. The zero-order valence-corrected chi connectivity index (χ0v) is 10.4. The summed E-state index contributed by atoms with van der Waals surface area (Å²) in [5, 5.41) is 0. The van der Waals surface area contributed by atoms with Crippen LogP contribution in [0.15, 0.2) is 11.1 Å². The van der Waals surface area contributed by atoms with E-state index >= 15 is 0 Å². The van der Waals surface area contributed by atoms with Crippen LogP contribution in [0.2, 0.25) is 0 Å². The first-order chi connectivity index (χ1) is 8.03. The predicted molar refractivity (Wildman–Crippen MR) is 57.0 cm³/mol. The van der Waals surface area contributed by atoms with Crippen LogP contribution >= 0.6 is 0 Å². The van der Waals surface area contributed by atoms with E-state index in [1.165, 1.54) is 28.4 Å². The highest BCUT2D eigenvalue weighted by molar-refractivity contribution is 6.01. The van der Waals surface area contributed by atoms with E-state index in [1.54, 1.807) is 0 Å². The van der Waals surface area contributed by atoms with Crippen molar-refractivity contribution in [3.8, 4) is 0 Å². The molecule has 0 radical (unpaired) electrons. The summed E-state index contributed by atoms with van der Waals surface area (Å²) >= 11 is 0. The van der Waals surface area contributed by atoms with Crippen molar-refractivity contribution in [2.45, 2.75) is 18.6 Å². The Labute approximate surface area is 99.5 Å². The topological polar surface area (TPSA) is 71.1 Å². The highest BCUT2D eigenvalue weighted by Crippen LogP contribution is 2.39. The molecule has 96 valence electrons. The Balaban J connectivity index is 3.07. The van der Waals surface area contributed by atoms with Crippen LogP contribution in [0.25, 0.3) is 0 Å². The lowest BCUT2D eigenvalue weighted by Crippen LogP contribution is -2.31. The molecule has 17 heavy (non-hydrogen) atoms. The molecular formula is C11H16O6. The Bertz CT molecular complexity index is 323. The molecule has 0 amide bonds. The number of hydrogen-bond donors (Lipinski definition) is 0. The largest absolute Gasteiger partial charge is 0.466 e. The molecule has 1 aliphatic carbocycles. The van der Waals surface area contributed by atoms with Crippen molar-refractivity contribution in [2.24, 2.45) is 0 Å². The first-order valence-electron chi connectivity index (χ1n) is 5.02. The second-order valence-corrected chi connectivity index (χ2v) is 3.61. The molecule has 0 aromatic rings. The fraction of sp³-hybridized carbons (Fsp3) is 0.636. The molecular weight excluding hydrogens is 228 g/mol. The summed E-state index contributed by atoms with van der Waals surface area (Å²) in [6, 6.07) is 0. The van der Waals surface area contributed by atoms with Gasteiger partial charge in [0.15, 0.2) is 5.79 Å². The van der Waals surface area contributed by atoms with Gasteiger partial charge in [0.1, 0.15) is 0 Å². The van der Waals surface area contributed by atoms with Gasteiger partial charge in [-0.2, -0.15) is 0 Å². The zero-order chi connectivity index (χ0) is 13.1. The molecule has 0 saturated carbocycles. The molecule has 6 nitrogen and oxygen atoms in total. The van der Waals surface area contributed by atoms with Crippen LogP contribution in [0.1, 0.15) is 12.8 Å². The average Bonchev–Trinajstić information content (AvgIpc) is 2.77. The van der Waals surface area contributed by atoms with Crippen molar-refractivity contribution >= 4 is 11.9 Å². The molecule has 0 saturated heterocycles. The first-order valence-corrected chi connectivity index (χ1v) is 5.02. The molecule has 0 fully saturated rings. The van der Waals surface area contributed by atoms with E-state index in [-0.39, 0.29) is 24.0 Å². The lowest BCUT2D eigenvalue weighted by atomic mass is 10.1. The molecule has 6 heteroatoms. The standard InChI is InChI=1S/C11H16O6/c1-14-9(12)7-5-11(16-3,17-4)6-8(7)10(13)15-2/h5-6H2,1-4H3. The van der Waals surface area contributed by atoms with Crippen LogP contribution in [-0.2, 0) is 28.5 Å². The van der Waals surface area contributed by atoms with Gasteiger partial charge in [-0.25, -0.2) is 9.59 Å². The molecule has 0 unspecified atom stereocenters. The molecule has 0 aromatic carbocycles. The summed E-state index contributed by atoms with van der Waals surface area (Å²) in [5.41, 5.74) is 0.478. The molecule has 0 spiro atoms. The van der Waals surface area contributed by atoms with E-state index in [9.17, 15) is 9.59 Å². The summed E-state index contributed by atoms with van der Waals surface area (Å²) in [6.45, 7) is 0. The van der Waals surface area contributed by atoms with Crippen molar-refractivity contribution in [1.29, 1.82) is 0 Å². The van der Waals surface area contributed by atoms with Crippen LogP contribution in [0.4, 0.5) is 0 Å². The molecule has 1 aliphatic rings. The minimum atomic E-state index is -0.993. The van der Waals surface area contributed by atoms with Crippen molar-refractivity contribution in [3.63, 3.8) is 0 Å². The van der Waals surface area contributed by atoms with Gasteiger partial charge in [0.05, 0.1) is 25.4 Å². The fourth-order valence-corrected chi connectivity index (χ4v) is 1.82. The summed E-state index contributed by atoms with van der Waals surface area (Å²) in [6.07, 6.45) is 0.328. The minimum absolute atomic E-state index is 0.164. The van der Waals surface area contributed by atoms with E-state index < -0.39 is 17.7 Å². The van der Waals surface area contributed by atoms with Crippen LogP contribution in [0, 0.1) is 0 Å². The van der Waals surface area contributed by atoms with E-state index in [4.69, 9.17) is 9.47 Å². The highest BCUT2D eigenvalue weighted by atomic mass is 16.7. The van der Waals surface area contributed by atoms with Crippen LogP contribution in [0.3, 0.4) is 0 Å². The summed E-state index contributed by atoms with van der Waals surface area (Å²) in [4.78, 5) is 23.1. The molecule has 0 heterocycles. The van der Waals surface area contributed by atoms with E-state index in [2.05, 4.69) is 9.47 Å². The third-order valence-electron chi connectivity index (χ3n) is 2.86. The number of rotatable bonds is 4. The van der Waals surface area contributed by atoms with Gasteiger partial charge in [0, 0.05) is 27.1 Å². The lowest BCUT2D eigenvalue weighted by Gasteiger charge is -2.25. The number of carbonyl (C=O) groups excluding carboxylic acids is 2. The normalized spacial score (nSPS) is 18.1. The molecule has 0 bridgehead atoms. The maximum absolute atomic E-state index is 11.6. The summed E-state index contributed by atoms with van der Waals surface area (Å²) in [5.74, 6) is -2.13. The lowest BCUT2D eigenvalue weighted by molar-refractivity contribution is -0.199. The SMILES string of the molecule is COC(=O)C1=C(C(=O)OC)CC(OC)(OC)C1. The van der Waals surface area contributed by atoms with Gasteiger partial charge in [0.2, 0.25) is 0 Å². The minimum Gasteiger partial charge on any atom is -0.466 e. The maximum Gasteiger partial charge on any atom is 0.334 e. The molecule has 0 N–H and O–H groups in total. The van der Waals surface area contributed by atoms with Crippen molar-refractivity contribution in [3.05, 3.63) is 11.1 Å². The number of hydrogen-bond acceptors (Lipinski definition) is 6. The predicted octanol–water partition coefficient (Wildman–Crippen LogP) is 0.412. The van der Waals surface area contributed by atoms with Gasteiger partial charge in [0.25, 0.3) is 0 Å².